The summed E-state index contributed by atoms with van der Waals surface area (Å²) in [4.78, 5) is 11.4. The Bertz CT molecular complexity index is 214. The Morgan fingerprint density at radius 3 is 2.92 bits per heavy atom. The van der Waals surface area contributed by atoms with Crippen molar-refractivity contribution in [3.63, 3.8) is 0 Å². The van der Waals surface area contributed by atoms with Gasteiger partial charge in [-0.1, -0.05) is 19.8 Å². The first-order valence-electron chi connectivity index (χ1n) is 4.81. The van der Waals surface area contributed by atoms with Crippen LogP contribution in [0.15, 0.2) is 0 Å². The summed E-state index contributed by atoms with van der Waals surface area (Å²) in [5.41, 5.74) is 0.136. The lowest BCUT2D eigenvalue weighted by Crippen LogP contribution is -2.33. The fourth-order valence-electron chi connectivity index (χ4n) is 2.81. The summed E-state index contributed by atoms with van der Waals surface area (Å²) < 4.78 is 0. The van der Waals surface area contributed by atoms with Crippen LogP contribution in [0.2, 0.25) is 0 Å². The fourth-order valence-corrected chi connectivity index (χ4v) is 3.19. The third kappa shape index (κ3) is 1.02. The number of carbonyl (C=O) groups excluding carboxylic acids is 1. The summed E-state index contributed by atoms with van der Waals surface area (Å²) >= 11 is 6.13. The molecule has 12 heavy (non-hydrogen) atoms. The van der Waals surface area contributed by atoms with E-state index in [0.29, 0.717) is 5.92 Å². The lowest BCUT2D eigenvalue weighted by atomic mass is 9.69. The zero-order chi connectivity index (χ0) is 8.77. The number of Topliss-reactive ketones (excluding diaryl/α,β-unsaturated/α-hetero) is 1. The van der Waals surface area contributed by atoms with Gasteiger partial charge in [0.25, 0.3) is 0 Å². The molecule has 0 radical (unpaired) electrons. The first-order valence-corrected chi connectivity index (χ1v) is 5.25. The summed E-state index contributed by atoms with van der Waals surface area (Å²) in [6.45, 7) is 2.19. The highest BCUT2D eigenvalue weighted by atomic mass is 35.5. The SMILES string of the molecule is C[C@]12CCCC[C@H]1CC(=O)C2Cl. The van der Waals surface area contributed by atoms with Crippen molar-refractivity contribution in [2.45, 2.75) is 44.4 Å². The van der Waals surface area contributed by atoms with Crippen molar-refractivity contribution in [2.75, 3.05) is 0 Å². The van der Waals surface area contributed by atoms with Gasteiger partial charge in [0.15, 0.2) is 5.78 Å². The fraction of sp³-hybridized carbons (Fsp3) is 0.900. The maximum atomic E-state index is 11.4. The molecule has 1 nitrogen and oxygen atoms in total. The van der Waals surface area contributed by atoms with Gasteiger partial charge in [-0.2, -0.15) is 0 Å². The summed E-state index contributed by atoms with van der Waals surface area (Å²) in [6.07, 6.45) is 5.65. The molecule has 0 N–H and O–H groups in total. The zero-order valence-corrected chi connectivity index (χ0v) is 8.23. The van der Waals surface area contributed by atoms with Crippen LogP contribution in [0.4, 0.5) is 0 Å². The number of hydrogen-bond acceptors (Lipinski definition) is 1. The lowest BCUT2D eigenvalue weighted by molar-refractivity contribution is -0.117. The molecule has 0 aromatic rings. The van der Waals surface area contributed by atoms with Crippen molar-refractivity contribution in [1.29, 1.82) is 0 Å². The molecule has 2 fully saturated rings. The maximum absolute atomic E-state index is 11.4. The minimum absolute atomic E-state index is 0.136. The molecule has 0 aromatic heterocycles. The minimum Gasteiger partial charge on any atom is -0.298 e. The molecule has 1 unspecified atom stereocenters. The number of ketones is 1. The quantitative estimate of drug-likeness (QED) is 0.532. The monoisotopic (exact) mass is 186 g/mol. The van der Waals surface area contributed by atoms with Gasteiger partial charge in [-0.25, -0.2) is 0 Å². The average molecular weight is 187 g/mol. The van der Waals surface area contributed by atoms with Gasteiger partial charge in [0.1, 0.15) is 0 Å². The van der Waals surface area contributed by atoms with Crippen molar-refractivity contribution in [1.82, 2.24) is 0 Å². The minimum atomic E-state index is -0.192. The first kappa shape index (κ1) is 8.55. The molecule has 0 bridgehead atoms. The van der Waals surface area contributed by atoms with E-state index in [1.807, 2.05) is 0 Å². The van der Waals surface area contributed by atoms with Gasteiger partial charge in [-0.05, 0) is 24.2 Å². The Balaban J connectivity index is 2.25. The molecular formula is C10H15ClO. The Morgan fingerprint density at radius 1 is 1.50 bits per heavy atom. The zero-order valence-electron chi connectivity index (χ0n) is 7.48. The van der Waals surface area contributed by atoms with Crippen LogP contribution in [-0.2, 0) is 4.79 Å². The Kier molecular flexibility index (Phi) is 1.95. The summed E-state index contributed by atoms with van der Waals surface area (Å²) in [5, 5.41) is -0.192. The van der Waals surface area contributed by atoms with Crippen LogP contribution >= 0.6 is 11.6 Å². The Labute approximate surface area is 78.5 Å². The number of rotatable bonds is 0. The third-order valence-electron chi connectivity index (χ3n) is 3.76. The Hall–Kier alpha value is -0.0400. The predicted octanol–water partition coefficient (Wildman–Crippen LogP) is 2.76. The summed E-state index contributed by atoms with van der Waals surface area (Å²) in [6, 6.07) is 0. The first-order chi connectivity index (χ1) is 5.64. The molecular weight excluding hydrogens is 172 g/mol. The van der Waals surface area contributed by atoms with Crippen LogP contribution in [0.25, 0.3) is 0 Å². The standard InChI is InChI=1S/C10H15ClO/c1-10-5-3-2-4-7(10)6-8(12)9(10)11/h7,9H,2-6H2,1H3/t7-,9?,10-/m0/s1. The summed E-state index contributed by atoms with van der Waals surface area (Å²) in [5.74, 6) is 0.868. The molecule has 0 amide bonds. The van der Waals surface area contributed by atoms with E-state index in [2.05, 4.69) is 6.92 Å². The van der Waals surface area contributed by atoms with E-state index >= 15 is 0 Å². The second kappa shape index (κ2) is 2.73. The summed E-state index contributed by atoms with van der Waals surface area (Å²) in [7, 11) is 0. The van der Waals surface area contributed by atoms with Crippen LogP contribution in [0.3, 0.4) is 0 Å². The van der Waals surface area contributed by atoms with Crippen molar-refractivity contribution in [2.24, 2.45) is 11.3 Å². The van der Waals surface area contributed by atoms with Crippen molar-refractivity contribution in [3.8, 4) is 0 Å². The van der Waals surface area contributed by atoms with Gasteiger partial charge in [0, 0.05) is 6.42 Å². The van der Waals surface area contributed by atoms with Gasteiger partial charge in [-0.15, -0.1) is 11.6 Å². The highest BCUT2D eigenvalue weighted by Crippen LogP contribution is 2.52. The molecule has 2 aliphatic rings. The number of fused-ring (bicyclic) bond motifs is 1. The normalized spacial score (nSPS) is 47.7. The molecule has 0 spiro atoms. The highest BCUT2D eigenvalue weighted by Gasteiger charge is 2.51. The van der Waals surface area contributed by atoms with E-state index in [9.17, 15) is 4.79 Å². The van der Waals surface area contributed by atoms with Gasteiger partial charge >= 0.3 is 0 Å². The molecule has 0 saturated heterocycles. The Morgan fingerprint density at radius 2 is 2.25 bits per heavy atom. The van der Waals surface area contributed by atoms with Gasteiger partial charge in [0.05, 0.1) is 5.38 Å². The van der Waals surface area contributed by atoms with Crippen molar-refractivity contribution >= 4 is 17.4 Å². The van der Waals surface area contributed by atoms with Crippen LogP contribution < -0.4 is 0 Å². The highest BCUT2D eigenvalue weighted by molar-refractivity contribution is 6.32. The molecule has 2 heteroatoms. The molecule has 68 valence electrons. The molecule has 0 aliphatic heterocycles. The van der Waals surface area contributed by atoms with Crippen LogP contribution in [-0.4, -0.2) is 11.2 Å². The van der Waals surface area contributed by atoms with E-state index in [-0.39, 0.29) is 16.6 Å². The number of halogens is 1. The van der Waals surface area contributed by atoms with E-state index in [4.69, 9.17) is 11.6 Å². The largest absolute Gasteiger partial charge is 0.298 e. The van der Waals surface area contributed by atoms with Crippen molar-refractivity contribution < 1.29 is 4.79 Å². The van der Waals surface area contributed by atoms with Gasteiger partial charge in [0.2, 0.25) is 0 Å². The van der Waals surface area contributed by atoms with E-state index in [1.54, 1.807) is 0 Å². The molecule has 2 saturated carbocycles. The second-order valence-corrected chi connectivity index (χ2v) is 4.92. The molecule has 2 rings (SSSR count). The van der Waals surface area contributed by atoms with Crippen LogP contribution in [0, 0.1) is 11.3 Å². The third-order valence-corrected chi connectivity index (χ3v) is 4.50. The lowest BCUT2D eigenvalue weighted by Gasteiger charge is -2.37. The van der Waals surface area contributed by atoms with Gasteiger partial charge < -0.3 is 0 Å². The maximum Gasteiger partial charge on any atom is 0.151 e. The number of carbonyl (C=O) groups is 1. The van der Waals surface area contributed by atoms with Crippen molar-refractivity contribution in [3.05, 3.63) is 0 Å². The second-order valence-electron chi connectivity index (χ2n) is 4.48. The average Bonchev–Trinajstić information content (AvgIpc) is 2.28. The molecule has 0 heterocycles. The molecule has 3 atom stereocenters. The number of hydrogen-bond donors (Lipinski definition) is 0. The van der Waals surface area contributed by atoms with Crippen LogP contribution in [0.5, 0.6) is 0 Å². The predicted molar refractivity (Wildman–Crippen MR) is 49.3 cm³/mol. The molecule has 0 aromatic carbocycles. The topological polar surface area (TPSA) is 17.1 Å². The number of alkyl halides is 1. The van der Waals surface area contributed by atoms with E-state index in [0.717, 1.165) is 12.8 Å². The van der Waals surface area contributed by atoms with Crippen LogP contribution in [0.1, 0.15) is 39.0 Å². The van der Waals surface area contributed by atoms with E-state index < -0.39 is 0 Å². The van der Waals surface area contributed by atoms with Gasteiger partial charge in [-0.3, -0.25) is 4.79 Å². The van der Waals surface area contributed by atoms with E-state index in [1.165, 1.54) is 19.3 Å². The molecule has 2 aliphatic carbocycles. The smallest absolute Gasteiger partial charge is 0.151 e.